The van der Waals surface area contributed by atoms with E-state index in [0.717, 1.165) is 0 Å². The van der Waals surface area contributed by atoms with E-state index in [0.29, 0.717) is 24.0 Å². The Hall–Kier alpha value is -4.34. The third-order valence-electron chi connectivity index (χ3n) is 6.35. The van der Waals surface area contributed by atoms with Crippen LogP contribution in [0.5, 0.6) is 11.5 Å². The second-order valence-corrected chi connectivity index (χ2v) is 9.30. The van der Waals surface area contributed by atoms with Crippen LogP contribution in [0.15, 0.2) is 60.8 Å². The van der Waals surface area contributed by atoms with Crippen molar-refractivity contribution in [2.24, 2.45) is 5.92 Å². The van der Waals surface area contributed by atoms with Gasteiger partial charge in [-0.1, -0.05) is 24.3 Å². The highest BCUT2D eigenvalue weighted by Crippen LogP contribution is 2.35. The van der Waals surface area contributed by atoms with Crippen molar-refractivity contribution < 1.29 is 37.4 Å². The van der Waals surface area contributed by atoms with Crippen LogP contribution in [0.25, 0.3) is 0 Å². The molecule has 0 unspecified atom stereocenters. The minimum absolute atomic E-state index is 0.129. The number of ether oxygens (including phenoxy) is 3. The van der Waals surface area contributed by atoms with Crippen LogP contribution >= 0.6 is 0 Å². The molecular formula is C29H28F2N2O6. The molecule has 0 spiro atoms. The molecule has 0 saturated heterocycles. The van der Waals surface area contributed by atoms with Gasteiger partial charge >= 0.3 is 11.9 Å². The molecule has 0 radical (unpaired) electrons. The number of esters is 2. The Labute approximate surface area is 224 Å². The maximum absolute atomic E-state index is 13.6. The van der Waals surface area contributed by atoms with Gasteiger partial charge in [-0.15, -0.1) is 0 Å². The Morgan fingerprint density at radius 3 is 2.00 bits per heavy atom. The number of hydrogen-bond acceptors (Lipinski definition) is 7. The van der Waals surface area contributed by atoms with Crippen molar-refractivity contribution in [3.05, 3.63) is 89.2 Å². The summed E-state index contributed by atoms with van der Waals surface area (Å²) in [6.45, 7) is 3.09. The highest BCUT2D eigenvalue weighted by molar-refractivity contribution is 5.98. The molecule has 1 amide bonds. The topological polar surface area (TPSA) is 104 Å². The van der Waals surface area contributed by atoms with Gasteiger partial charge in [0.15, 0.2) is 11.4 Å². The molecule has 1 fully saturated rings. The summed E-state index contributed by atoms with van der Waals surface area (Å²) in [5.41, 5.74) is 1.09. The van der Waals surface area contributed by atoms with Crippen molar-refractivity contribution in [2.75, 3.05) is 7.11 Å². The summed E-state index contributed by atoms with van der Waals surface area (Å²) >= 11 is 0. The lowest BCUT2D eigenvalue weighted by atomic mass is 9.87. The SMILES string of the molecule is COc1ccnc(C(=O)N[C@@H](C)C(=O)O[C@@H](C)C(c2ccc(F)cc2)c2ccc(F)cc2)c1OC(=O)C1CC1. The van der Waals surface area contributed by atoms with E-state index in [-0.39, 0.29) is 23.1 Å². The van der Waals surface area contributed by atoms with Gasteiger partial charge in [-0.3, -0.25) is 9.59 Å². The highest BCUT2D eigenvalue weighted by atomic mass is 19.1. The number of nitrogens with one attached hydrogen (secondary N) is 1. The third kappa shape index (κ3) is 6.76. The zero-order valence-electron chi connectivity index (χ0n) is 21.6. The number of methoxy groups -OCH3 is 1. The van der Waals surface area contributed by atoms with E-state index in [1.807, 2.05) is 0 Å². The molecule has 1 aliphatic rings. The minimum Gasteiger partial charge on any atom is -0.493 e. The molecule has 2 atom stereocenters. The molecule has 204 valence electrons. The predicted molar refractivity (Wildman–Crippen MR) is 136 cm³/mol. The fraction of sp³-hybridized carbons (Fsp3) is 0.310. The second kappa shape index (κ2) is 12.0. The molecule has 4 rings (SSSR count). The van der Waals surface area contributed by atoms with E-state index < -0.39 is 47.5 Å². The standard InChI is InChI=1S/C29H28F2N2O6/c1-16(33-27(34)25-26(23(37-3)14-15-32-25)39-29(36)20-4-5-20)28(35)38-17(2)24(18-6-10-21(30)11-7-18)19-8-12-22(31)13-9-19/h6-17,20,24H,4-5H2,1-3H3,(H,33,34)/t16-,17-/m0/s1. The third-order valence-corrected chi connectivity index (χ3v) is 6.35. The number of rotatable bonds is 10. The Balaban J connectivity index is 1.49. The molecule has 1 heterocycles. The van der Waals surface area contributed by atoms with Crippen LogP contribution < -0.4 is 14.8 Å². The summed E-state index contributed by atoms with van der Waals surface area (Å²) in [5, 5.41) is 2.52. The number of halogens is 2. The summed E-state index contributed by atoms with van der Waals surface area (Å²) < 4.78 is 43.4. The van der Waals surface area contributed by atoms with Gasteiger partial charge in [0.1, 0.15) is 23.8 Å². The largest absolute Gasteiger partial charge is 0.493 e. The van der Waals surface area contributed by atoms with Gasteiger partial charge < -0.3 is 19.5 Å². The number of nitrogens with zero attached hydrogens (tertiary/aromatic N) is 1. The molecule has 10 heteroatoms. The lowest BCUT2D eigenvalue weighted by Gasteiger charge is -2.26. The van der Waals surface area contributed by atoms with Crippen LogP contribution in [0.2, 0.25) is 0 Å². The zero-order chi connectivity index (χ0) is 28.1. The Morgan fingerprint density at radius 1 is 0.923 bits per heavy atom. The number of carbonyl (C=O) groups is 3. The molecular weight excluding hydrogens is 510 g/mol. The van der Waals surface area contributed by atoms with Crippen LogP contribution in [-0.2, 0) is 14.3 Å². The summed E-state index contributed by atoms with van der Waals surface area (Å²) in [6.07, 6.45) is 1.98. The molecule has 1 aliphatic carbocycles. The summed E-state index contributed by atoms with van der Waals surface area (Å²) in [7, 11) is 1.37. The van der Waals surface area contributed by atoms with Crippen molar-refractivity contribution in [1.82, 2.24) is 10.3 Å². The molecule has 8 nitrogen and oxygen atoms in total. The van der Waals surface area contributed by atoms with Gasteiger partial charge in [0.05, 0.1) is 13.0 Å². The Morgan fingerprint density at radius 2 is 1.49 bits per heavy atom. The molecule has 0 bridgehead atoms. The highest BCUT2D eigenvalue weighted by Gasteiger charge is 2.34. The van der Waals surface area contributed by atoms with Gasteiger partial charge in [0.2, 0.25) is 5.75 Å². The smallest absolute Gasteiger partial charge is 0.328 e. The van der Waals surface area contributed by atoms with Gasteiger partial charge in [0.25, 0.3) is 5.91 Å². The number of pyridine rings is 1. The average Bonchev–Trinajstić information content (AvgIpc) is 3.77. The van der Waals surface area contributed by atoms with Gasteiger partial charge in [-0.05, 0) is 62.1 Å². The van der Waals surface area contributed by atoms with Crippen LogP contribution in [-0.4, -0.2) is 42.1 Å². The lowest BCUT2D eigenvalue weighted by Crippen LogP contribution is -2.41. The molecule has 3 aromatic rings. The lowest BCUT2D eigenvalue weighted by molar-refractivity contribution is -0.150. The van der Waals surface area contributed by atoms with E-state index in [9.17, 15) is 23.2 Å². The van der Waals surface area contributed by atoms with Crippen LogP contribution in [0.4, 0.5) is 8.78 Å². The molecule has 0 aliphatic heterocycles. The number of carbonyl (C=O) groups excluding carboxylic acids is 3. The first-order valence-corrected chi connectivity index (χ1v) is 12.4. The number of hydrogen-bond donors (Lipinski definition) is 1. The van der Waals surface area contributed by atoms with E-state index in [1.54, 1.807) is 31.2 Å². The first-order chi connectivity index (χ1) is 18.7. The summed E-state index contributed by atoms with van der Waals surface area (Å²) in [4.78, 5) is 42.3. The Bertz CT molecular complexity index is 1300. The number of benzene rings is 2. The molecule has 2 aromatic carbocycles. The fourth-order valence-corrected chi connectivity index (χ4v) is 4.11. The second-order valence-electron chi connectivity index (χ2n) is 9.30. The maximum atomic E-state index is 13.6. The van der Waals surface area contributed by atoms with Crippen molar-refractivity contribution >= 4 is 17.8 Å². The number of aromatic nitrogens is 1. The first kappa shape index (κ1) is 27.7. The van der Waals surface area contributed by atoms with Gasteiger partial charge in [0, 0.05) is 18.2 Å². The molecule has 39 heavy (non-hydrogen) atoms. The van der Waals surface area contributed by atoms with E-state index in [2.05, 4.69) is 10.3 Å². The zero-order valence-corrected chi connectivity index (χ0v) is 21.6. The van der Waals surface area contributed by atoms with Crippen LogP contribution in [0, 0.1) is 17.6 Å². The van der Waals surface area contributed by atoms with Gasteiger partial charge in [-0.2, -0.15) is 0 Å². The maximum Gasteiger partial charge on any atom is 0.328 e. The summed E-state index contributed by atoms with van der Waals surface area (Å²) in [6, 6.07) is 11.8. The molecule has 1 N–H and O–H groups in total. The van der Waals surface area contributed by atoms with Crippen molar-refractivity contribution in [3.63, 3.8) is 0 Å². The van der Waals surface area contributed by atoms with Crippen molar-refractivity contribution in [1.29, 1.82) is 0 Å². The monoisotopic (exact) mass is 538 g/mol. The summed E-state index contributed by atoms with van der Waals surface area (Å²) in [5.74, 6) is -3.59. The van der Waals surface area contributed by atoms with Gasteiger partial charge in [-0.25, -0.2) is 18.6 Å². The molecule has 1 aromatic heterocycles. The number of amides is 1. The normalized spacial score (nSPS) is 14.3. The fourth-order valence-electron chi connectivity index (χ4n) is 4.11. The van der Waals surface area contributed by atoms with E-state index in [1.165, 1.54) is 50.6 Å². The van der Waals surface area contributed by atoms with Crippen molar-refractivity contribution in [2.45, 2.75) is 44.8 Å². The first-order valence-electron chi connectivity index (χ1n) is 12.4. The molecule has 1 saturated carbocycles. The van der Waals surface area contributed by atoms with Crippen LogP contribution in [0.3, 0.4) is 0 Å². The average molecular weight is 539 g/mol. The van der Waals surface area contributed by atoms with Crippen LogP contribution in [0.1, 0.15) is 54.2 Å². The van der Waals surface area contributed by atoms with Crippen molar-refractivity contribution in [3.8, 4) is 11.5 Å². The quantitative estimate of drug-likeness (QED) is 0.377. The predicted octanol–water partition coefficient (Wildman–Crippen LogP) is 4.57. The minimum atomic E-state index is -1.11. The van der Waals surface area contributed by atoms with E-state index in [4.69, 9.17) is 14.2 Å². The van der Waals surface area contributed by atoms with E-state index >= 15 is 0 Å². The Kier molecular flexibility index (Phi) is 8.53.